The maximum atomic E-state index is 12.1. The number of aliphatic hydroxyl groups is 1. The third kappa shape index (κ3) is 3.83. The molecule has 0 unspecified atom stereocenters. The summed E-state index contributed by atoms with van der Waals surface area (Å²) in [5.41, 5.74) is 2.00. The van der Waals surface area contributed by atoms with Crippen LogP contribution in [-0.4, -0.2) is 51.2 Å². The predicted molar refractivity (Wildman–Crippen MR) is 96.7 cm³/mol. The maximum absolute atomic E-state index is 12.1. The number of hydrogen-bond donors (Lipinski definition) is 2. The summed E-state index contributed by atoms with van der Waals surface area (Å²) in [6.07, 6.45) is 7.72. The minimum Gasteiger partial charge on any atom is -0.391 e. The Balaban J connectivity index is 1.29. The number of nitrogens with one attached hydrogen (secondary N) is 1. The predicted octanol–water partition coefficient (Wildman–Crippen LogP) is 1.05. The highest BCUT2D eigenvalue weighted by molar-refractivity contribution is 5.78. The highest BCUT2D eigenvalue weighted by Gasteiger charge is 2.33. The average Bonchev–Trinajstić information content (AvgIpc) is 3.05. The van der Waals surface area contributed by atoms with Gasteiger partial charge in [-0.15, -0.1) is 0 Å². The van der Waals surface area contributed by atoms with E-state index in [4.69, 9.17) is 0 Å². The van der Waals surface area contributed by atoms with E-state index in [1.54, 1.807) is 18.7 Å². The van der Waals surface area contributed by atoms with Gasteiger partial charge in [0.05, 0.1) is 12.5 Å². The van der Waals surface area contributed by atoms with Crippen molar-refractivity contribution >= 4 is 11.7 Å². The van der Waals surface area contributed by atoms with Crippen LogP contribution in [0, 0.1) is 0 Å². The molecule has 2 aliphatic rings. The van der Waals surface area contributed by atoms with Crippen LogP contribution in [0.25, 0.3) is 0 Å². The van der Waals surface area contributed by atoms with Crippen LogP contribution >= 0.6 is 0 Å². The van der Waals surface area contributed by atoms with E-state index in [2.05, 4.69) is 25.2 Å². The van der Waals surface area contributed by atoms with Crippen molar-refractivity contribution in [3.63, 3.8) is 0 Å². The van der Waals surface area contributed by atoms with Crippen LogP contribution in [0.2, 0.25) is 0 Å². The van der Waals surface area contributed by atoms with E-state index >= 15 is 0 Å². The summed E-state index contributed by atoms with van der Waals surface area (Å²) in [5.74, 6) is 1.29. The first-order valence-electron chi connectivity index (χ1n) is 9.10. The third-order valence-corrected chi connectivity index (χ3v) is 5.20. The lowest BCUT2D eigenvalue weighted by Gasteiger charge is -2.35. The number of anilines is 1. The monoisotopic (exact) mass is 353 g/mol. The Labute approximate surface area is 152 Å². The average molecular weight is 353 g/mol. The van der Waals surface area contributed by atoms with Gasteiger partial charge in [-0.3, -0.25) is 9.78 Å². The van der Waals surface area contributed by atoms with Gasteiger partial charge in [0.25, 0.3) is 0 Å². The van der Waals surface area contributed by atoms with E-state index in [-0.39, 0.29) is 18.1 Å². The number of pyridine rings is 1. The maximum Gasteiger partial charge on any atom is 0.224 e. The quantitative estimate of drug-likeness (QED) is 0.835. The Morgan fingerprint density at radius 3 is 2.81 bits per heavy atom. The molecule has 4 rings (SSSR count). The number of amides is 1. The van der Waals surface area contributed by atoms with Crippen molar-refractivity contribution in [2.45, 2.75) is 43.7 Å². The summed E-state index contributed by atoms with van der Waals surface area (Å²) in [5, 5.41) is 12.8. The first-order chi connectivity index (χ1) is 12.7. The number of carbonyl (C=O) groups is 1. The summed E-state index contributed by atoms with van der Waals surface area (Å²) >= 11 is 0. The van der Waals surface area contributed by atoms with Crippen LogP contribution < -0.4 is 10.2 Å². The molecule has 0 spiro atoms. The highest BCUT2D eigenvalue weighted by Crippen LogP contribution is 2.36. The highest BCUT2D eigenvalue weighted by atomic mass is 16.3. The molecule has 7 heteroatoms. The molecule has 2 aromatic rings. The van der Waals surface area contributed by atoms with E-state index in [0.29, 0.717) is 18.9 Å². The Morgan fingerprint density at radius 1 is 1.27 bits per heavy atom. The molecule has 0 aromatic carbocycles. The van der Waals surface area contributed by atoms with Gasteiger partial charge in [-0.2, -0.15) is 0 Å². The van der Waals surface area contributed by atoms with Crippen molar-refractivity contribution in [2.75, 3.05) is 18.0 Å². The van der Waals surface area contributed by atoms with Crippen LogP contribution in [0.4, 0.5) is 5.82 Å². The van der Waals surface area contributed by atoms with Gasteiger partial charge in [-0.25, -0.2) is 9.97 Å². The Kier molecular flexibility index (Phi) is 4.79. The minimum absolute atomic E-state index is 0.0501. The molecule has 1 amide bonds. The first kappa shape index (κ1) is 16.9. The molecule has 3 heterocycles. The fourth-order valence-corrected chi connectivity index (χ4v) is 3.65. The van der Waals surface area contributed by atoms with Crippen molar-refractivity contribution < 1.29 is 9.90 Å². The molecular formula is C19H23N5O2. The van der Waals surface area contributed by atoms with E-state index in [1.807, 2.05) is 18.2 Å². The molecule has 136 valence electrons. The summed E-state index contributed by atoms with van der Waals surface area (Å²) in [4.78, 5) is 26.9. The molecule has 26 heavy (non-hydrogen) atoms. The van der Waals surface area contributed by atoms with E-state index < -0.39 is 0 Å². The summed E-state index contributed by atoms with van der Waals surface area (Å²) < 4.78 is 0. The Bertz CT molecular complexity index is 764. The number of nitrogens with zero attached hydrogens (tertiary/aromatic N) is 4. The Morgan fingerprint density at radius 2 is 2.08 bits per heavy atom. The van der Waals surface area contributed by atoms with Gasteiger partial charge >= 0.3 is 0 Å². The second kappa shape index (κ2) is 7.37. The van der Waals surface area contributed by atoms with E-state index in [0.717, 1.165) is 42.9 Å². The molecule has 1 saturated heterocycles. The van der Waals surface area contributed by atoms with Gasteiger partial charge < -0.3 is 15.3 Å². The molecule has 1 atom stereocenters. The lowest BCUT2D eigenvalue weighted by molar-refractivity contribution is -0.121. The topological polar surface area (TPSA) is 91.2 Å². The molecule has 7 nitrogen and oxygen atoms in total. The number of rotatable bonds is 5. The molecule has 1 saturated carbocycles. The molecule has 2 N–H and O–H groups in total. The largest absolute Gasteiger partial charge is 0.391 e. The zero-order valence-corrected chi connectivity index (χ0v) is 14.6. The molecule has 0 radical (unpaired) electrons. The van der Waals surface area contributed by atoms with Crippen molar-refractivity contribution in [1.29, 1.82) is 0 Å². The number of aliphatic hydroxyl groups excluding tert-OH is 1. The third-order valence-electron chi connectivity index (χ3n) is 5.20. The summed E-state index contributed by atoms with van der Waals surface area (Å²) in [6, 6.07) is 5.96. The lowest BCUT2D eigenvalue weighted by Crippen LogP contribution is -2.44. The fourth-order valence-electron chi connectivity index (χ4n) is 3.65. The zero-order chi connectivity index (χ0) is 17.9. The number of hydrogen-bond acceptors (Lipinski definition) is 6. The number of carbonyl (C=O) groups excluding carboxylic acids is 1. The van der Waals surface area contributed by atoms with Gasteiger partial charge in [0, 0.05) is 49.2 Å². The van der Waals surface area contributed by atoms with Crippen molar-refractivity contribution in [3.8, 4) is 0 Å². The van der Waals surface area contributed by atoms with Crippen molar-refractivity contribution in [2.24, 2.45) is 0 Å². The van der Waals surface area contributed by atoms with Crippen molar-refractivity contribution in [3.05, 3.63) is 48.2 Å². The van der Waals surface area contributed by atoms with Crippen LogP contribution in [0.15, 0.2) is 36.9 Å². The molecule has 0 bridgehead atoms. The van der Waals surface area contributed by atoms with Crippen LogP contribution in [0.1, 0.15) is 36.4 Å². The normalized spacial score (nSPS) is 25.0. The van der Waals surface area contributed by atoms with Crippen LogP contribution in [-0.2, 0) is 11.2 Å². The van der Waals surface area contributed by atoms with E-state index in [9.17, 15) is 9.90 Å². The molecular weight excluding hydrogens is 330 g/mol. The SMILES string of the molecule is O=C(Cc1ccncc1)NC1CC(c2cc(N3CC[C@@H](O)C3)ncn2)C1. The van der Waals surface area contributed by atoms with Crippen LogP contribution in [0.3, 0.4) is 0 Å². The summed E-state index contributed by atoms with van der Waals surface area (Å²) in [7, 11) is 0. The number of β-amino-alcohol motifs (C(OH)–C–C–N with tert-alkyl or cyclic N) is 1. The fraction of sp³-hybridized carbons (Fsp3) is 0.474. The lowest BCUT2D eigenvalue weighted by atomic mass is 9.78. The first-order valence-corrected chi connectivity index (χ1v) is 9.10. The van der Waals surface area contributed by atoms with Gasteiger partial charge in [-0.05, 0) is 37.0 Å². The smallest absolute Gasteiger partial charge is 0.224 e. The van der Waals surface area contributed by atoms with E-state index in [1.165, 1.54) is 0 Å². The van der Waals surface area contributed by atoms with Gasteiger partial charge in [0.1, 0.15) is 12.1 Å². The molecule has 2 aromatic heterocycles. The zero-order valence-electron chi connectivity index (χ0n) is 14.6. The minimum atomic E-state index is -0.267. The van der Waals surface area contributed by atoms with Crippen LogP contribution in [0.5, 0.6) is 0 Å². The molecule has 1 aliphatic heterocycles. The van der Waals surface area contributed by atoms with Crippen molar-refractivity contribution in [1.82, 2.24) is 20.3 Å². The van der Waals surface area contributed by atoms with Gasteiger partial charge in [0.2, 0.25) is 5.91 Å². The number of aromatic nitrogens is 3. The standard InChI is InChI=1S/C19H23N5O2/c25-16-3-6-24(11-16)18-10-17(21-12-22-18)14-8-15(9-14)23-19(26)7-13-1-4-20-5-2-13/h1-2,4-5,10,12,14-16,25H,3,6-9,11H2,(H,23,26)/t14?,15?,16-/m1/s1. The molecule has 1 aliphatic carbocycles. The second-order valence-electron chi connectivity index (χ2n) is 7.15. The second-order valence-corrected chi connectivity index (χ2v) is 7.15. The van der Waals surface area contributed by atoms with Gasteiger partial charge in [0.15, 0.2) is 0 Å². The Hall–Kier alpha value is -2.54. The molecule has 2 fully saturated rings. The van der Waals surface area contributed by atoms with Gasteiger partial charge in [-0.1, -0.05) is 0 Å². The summed E-state index contributed by atoms with van der Waals surface area (Å²) in [6.45, 7) is 1.46.